The SMILES string of the molecule is C=C(C)C(=O)Cl.C=C(C)C(=O)OC1C2CC3C1OC(=O)C3C2C(=O)OCC(F)(F)F.O=C(O)C1C2C=CC(C2)C1C(=O)OCC(F)(F)F.O=C(OCC(F)(F)F)C1C2CC3C(OC(=O)C31)C2O.O=C1OC(=O)C2C3C=CC(C3)C12.O=CO.OO.[Na+].[O-]CC(F)(F)F. The molecule has 8 aliphatic carbocycles. The monoisotopic (exact) mass is 1360 g/mol. The molecular formula is C53H56ClF12NaO24. The first kappa shape index (κ1) is 79.1. The van der Waals surface area contributed by atoms with E-state index in [4.69, 9.17) is 56.4 Å². The average molecular weight is 1360 g/mol. The largest absolute Gasteiger partial charge is 1.00 e. The second-order valence-corrected chi connectivity index (χ2v) is 22.2. The Balaban J connectivity index is 0.000000295. The van der Waals surface area contributed by atoms with Crippen molar-refractivity contribution in [2.45, 2.75) is 88.7 Å². The summed E-state index contributed by atoms with van der Waals surface area (Å²) in [7, 11) is 0. The Hall–Kier alpha value is -6.18. The van der Waals surface area contributed by atoms with Crippen molar-refractivity contribution in [3.05, 3.63) is 48.6 Å². The summed E-state index contributed by atoms with van der Waals surface area (Å²) in [5, 5.41) is 46.1. The standard InChI is InChI=1S/C15H15F3O6.C11H11F3O5.C11H11F3O4.C9H8O3.C4H5ClO.C2H2F3O.CH2O2.Na.H2O2/c1-5(2)12(19)23-10-6-3-7-9(14(21)24-11(7)10)8(6)13(20)22-4-15(16,17)18;12-11(13,14)2-18-9(16)5-3-1-4-6(5)10(17)19-8(4)7(3)15;12-11(13,14)4-18-10(17)8-6-2-1-5(3-6)7(8)9(15)16;10-8-6-4-1-2-5(3-4)7(6)9(11)12-8;1-3(2)4(5)6;3-2(4,5)1-6;2-1-3;;1-2/h6-11H,1,3-4H2,2H3;3-8,15H,1-2H2;1-2,5-8H,3-4H2,(H,15,16);1-2,4-7H,3H2;1H2,2H3;1H2;1H,(H,2,3);;1-2H/q;;;;;-1;;+1;. The molecule has 0 amide bonds. The molecule has 9 fully saturated rings. The Morgan fingerprint density at radius 2 is 0.923 bits per heavy atom. The van der Waals surface area contributed by atoms with Crippen LogP contribution in [0, 0.1) is 94.7 Å². The third-order valence-corrected chi connectivity index (χ3v) is 16.4. The summed E-state index contributed by atoms with van der Waals surface area (Å²) < 4.78 is 173. The van der Waals surface area contributed by atoms with Crippen molar-refractivity contribution in [1.82, 2.24) is 0 Å². The number of carboxylic acid groups (broad SMARTS) is 2. The van der Waals surface area contributed by atoms with Crippen molar-refractivity contribution in [2.24, 2.45) is 94.7 Å². The van der Waals surface area contributed by atoms with Crippen molar-refractivity contribution in [2.75, 3.05) is 26.4 Å². The molecule has 20 unspecified atom stereocenters. The number of allylic oxidation sites excluding steroid dienone is 5. The van der Waals surface area contributed by atoms with Gasteiger partial charge in [-0.05, 0) is 81.4 Å². The first-order chi connectivity index (χ1) is 41.6. The summed E-state index contributed by atoms with van der Waals surface area (Å²) in [6, 6.07) is 0. The Bertz CT molecular complexity index is 2770. The summed E-state index contributed by atoms with van der Waals surface area (Å²) in [5.41, 5.74) is 0.520. The number of aliphatic hydroxyl groups is 1. The summed E-state index contributed by atoms with van der Waals surface area (Å²) in [6.07, 6.45) is -11.8. The molecule has 11 aliphatic rings. The maximum absolute atomic E-state index is 12.2. The van der Waals surface area contributed by atoms with Crippen LogP contribution < -0.4 is 34.7 Å². The van der Waals surface area contributed by atoms with Crippen LogP contribution in [-0.4, -0.2) is 167 Å². The number of ether oxygens (including phenoxy) is 7. The van der Waals surface area contributed by atoms with Gasteiger partial charge in [-0.3, -0.25) is 58.5 Å². The van der Waals surface area contributed by atoms with Gasteiger partial charge in [0.05, 0.1) is 53.4 Å². The molecule has 0 radical (unpaired) electrons. The van der Waals surface area contributed by atoms with Gasteiger partial charge in [-0.25, -0.2) is 4.79 Å². The number of rotatable bonds is 10. The molecule has 24 nitrogen and oxygen atoms in total. The zero-order chi connectivity index (χ0) is 68.6. The Kier molecular flexibility index (Phi) is 27.9. The molecule has 504 valence electrons. The number of aliphatic carboxylic acids is 1. The molecule has 3 saturated heterocycles. The molecule has 0 spiro atoms. The first-order valence-electron chi connectivity index (χ1n) is 26.4. The van der Waals surface area contributed by atoms with E-state index in [0.29, 0.717) is 24.8 Å². The number of fused-ring (bicyclic) bond motifs is 9. The van der Waals surface area contributed by atoms with Gasteiger partial charge in [0.25, 0.3) is 6.47 Å². The Morgan fingerprint density at radius 1 is 0.582 bits per heavy atom. The molecule has 91 heavy (non-hydrogen) atoms. The van der Waals surface area contributed by atoms with E-state index in [-0.39, 0.29) is 101 Å². The molecular weight excluding hydrogens is 1310 g/mol. The first-order valence-corrected chi connectivity index (χ1v) is 26.7. The zero-order valence-corrected chi connectivity index (χ0v) is 50.2. The van der Waals surface area contributed by atoms with Gasteiger partial charge in [0.2, 0.25) is 5.24 Å². The predicted octanol–water partition coefficient (Wildman–Crippen LogP) is 1.73. The van der Waals surface area contributed by atoms with Crippen molar-refractivity contribution >= 4 is 77.0 Å². The van der Waals surface area contributed by atoms with E-state index in [1.807, 2.05) is 12.2 Å². The maximum atomic E-state index is 12.2. The van der Waals surface area contributed by atoms with Crippen molar-refractivity contribution in [3.8, 4) is 0 Å². The number of carbonyl (C=O) groups is 11. The minimum absolute atomic E-state index is 0. The number of cyclic esters (lactones) is 2. The second-order valence-electron chi connectivity index (χ2n) is 21.8. The number of carboxylic acids is 1. The second kappa shape index (κ2) is 32.1. The Morgan fingerprint density at radius 3 is 1.30 bits per heavy atom. The minimum Gasteiger partial charge on any atom is -0.848 e. The van der Waals surface area contributed by atoms with E-state index in [2.05, 4.69) is 32.1 Å². The molecule has 0 aromatic heterocycles. The topological polar surface area (TPSA) is 377 Å². The Labute approximate surface area is 532 Å². The third kappa shape index (κ3) is 19.7. The van der Waals surface area contributed by atoms with Gasteiger partial charge in [0.1, 0.15) is 18.3 Å². The predicted molar refractivity (Wildman–Crippen MR) is 263 cm³/mol. The van der Waals surface area contributed by atoms with Crippen LogP contribution in [0.25, 0.3) is 0 Å². The van der Waals surface area contributed by atoms with E-state index >= 15 is 0 Å². The van der Waals surface area contributed by atoms with Gasteiger partial charge in [0, 0.05) is 34.8 Å². The number of hydrogen-bond acceptors (Lipinski definition) is 22. The molecule has 8 bridgehead atoms. The van der Waals surface area contributed by atoms with E-state index in [0.717, 1.165) is 6.42 Å². The normalized spacial score (nSPS) is 33.2. The maximum Gasteiger partial charge on any atom is 1.00 e. The molecule has 11 rings (SSSR count). The number of carbonyl (C=O) groups excluding carboxylic acids is 9. The van der Waals surface area contributed by atoms with Gasteiger partial charge < -0.3 is 53.6 Å². The van der Waals surface area contributed by atoms with Crippen LogP contribution in [0.1, 0.15) is 39.5 Å². The van der Waals surface area contributed by atoms with Gasteiger partial charge in [-0.2, -0.15) is 52.7 Å². The van der Waals surface area contributed by atoms with Crippen LogP contribution in [0.2, 0.25) is 0 Å². The fraction of sp³-hybridized carbons (Fsp3) is 0.642. The summed E-state index contributed by atoms with van der Waals surface area (Å²) in [4.78, 5) is 122. The fourth-order valence-corrected chi connectivity index (χ4v) is 13.0. The number of esters is 8. The van der Waals surface area contributed by atoms with Gasteiger partial charge in [0.15, 0.2) is 19.8 Å². The van der Waals surface area contributed by atoms with Gasteiger partial charge in [-0.1, -0.05) is 37.5 Å². The molecule has 5 N–H and O–H groups in total. The van der Waals surface area contributed by atoms with Crippen molar-refractivity contribution < 1.29 is 199 Å². The van der Waals surface area contributed by atoms with Crippen LogP contribution in [0.4, 0.5) is 52.7 Å². The third-order valence-electron chi connectivity index (χ3n) is 16.1. The van der Waals surface area contributed by atoms with Crippen LogP contribution in [0.5, 0.6) is 0 Å². The summed E-state index contributed by atoms with van der Waals surface area (Å²) >= 11 is 4.87. The zero-order valence-electron chi connectivity index (χ0n) is 47.4. The van der Waals surface area contributed by atoms with Gasteiger partial charge in [-0.15, -0.1) is 0 Å². The molecule has 3 heterocycles. The number of halogens is 13. The van der Waals surface area contributed by atoms with Crippen molar-refractivity contribution in [3.63, 3.8) is 0 Å². The number of alkyl halides is 12. The van der Waals surface area contributed by atoms with E-state index in [9.17, 15) is 106 Å². The minimum atomic E-state index is -4.65. The van der Waals surface area contributed by atoms with E-state index < -0.39 is 170 Å². The van der Waals surface area contributed by atoms with Crippen LogP contribution in [0.3, 0.4) is 0 Å². The van der Waals surface area contributed by atoms with E-state index in [1.165, 1.54) is 6.92 Å². The van der Waals surface area contributed by atoms with Crippen LogP contribution >= 0.6 is 11.6 Å². The molecule has 6 saturated carbocycles. The molecule has 3 aliphatic heterocycles. The quantitative estimate of drug-likeness (QED) is 0.0178. The van der Waals surface area contributed by atoms with Crippen LogP contribution in [0.15, 0.2) is 48.6 Å². The number of hydrogen-bond donors (Lipinski definition) is 5. The summed E-state index contributed by atoms with van der Waals surface area (Å²) in [6.45, 7) is 2.42. The van der Waals surface area contributed by atoms with Gasteiger partial charge >= 0.3 is 108 Å². The smallest absolute Gasteiger partial charge is 0.848 e. The van der Waals surface area contributed by atoms with Crippen molar-refractivity contribution in [1.29, 1.82) is 0 Å². The molecule has 0 aromatic carbocycles. The molecule has 0 aromatic rings. The van der Waals surface area contributed by atoms with E-state index in [1.54, 1.807) is 19.1 Å². The summed E-state index contributed by atoms with van der Waals surface area (Å²) in [5.74, 6) is -14.8. The van der Waals surface area contributed by atoms with Crippen LogP contribution in [-0.2, 0) is 85.9 Å². The molecule has 38 heteroatoms. The number of aliphatic hydroxyl groups excluding tert-OH is 1. The molecule has 20 atom stereocenters. The fourth-order valence-electron chi connectivity index (χ4n) is 13.0. The average Bonchev–Trinajstić information content (AvgIpc) is 1.57.